The quantitative estimate of drug-likeness (QED) is 0.758. The number of halogens is 1. The number of amides is 1. The van der Waals surface area contributed by atoms with Gasteiger partial charge in [-0.3, -0.25) is 4.79 Å². The predicted molar refractivity (Wildman–Crippen MR) is 84.2 cm³/mol. The van der Waals surface area contributed by atoms with Crippen LogP contribution in [-0.4, -0.2) is 17.9 Å². The van der Waals surface area contributed by atoms with Crippen molar-refractivity contribution in [2.45, 2.75) is 45.1 Å². The second-order valence-corrected chi connectivity index (χ2v) is 7.82. The van der Waals surface area contributed by atoms with Crippen LogP contribution in [0.2, 0.25) is 0 Å². The molecule has 0 aromatic carbocycles. The first kappa shape index (κ1) is 15.5. The van der Waals surface area contributed by atoms with Crippen LogP contribution in [0.15, 0.2) is 15.2 Å². The second kappa shape index (κ2) is 6.73. The Morgan fingerprint density at radius 2 is 2.10 bits per heavy atom. The molecule has 0 atom stereocenters. The zero-order chi connectivity index (χ0) is 14.6. The third kappa shape index (κ3) is 3.42. The normalized spacial score (nSPS) is 18.1. The highest BCUT2D eigenvalue weighted by Crippen LogP contribution is 2.36. The van der Waals surface area contributed by atoms with Crippen LogP contribution in [0.1, 0.15) is 44.1 Å². The van der Waals surface area contributed by atoms with Gasteiger partial charge in [-0.15, -0.1) is 11.3 Å². The second-order valence-electron chi connectivity index (χ2n) is 5.53. The monoisotopic (exact) mass is 354 g/mol. The molecule has 1 fully saturated rings. The Bertz CT molecular complexity index is 512. The highest BCUT2D eigenvalue weighted by molar-refractivity contribution is 9.11. The van der Waals surface area contributed by atoms with Gasteiger partial charge in [0.25, 0.3) is 0 Å². The molecule has 1 aliphatic carbocycles. The van der Waals surface area contributed by atoms with Crippen LogP contribution in [0.4, 0.5) is 0 Å². The molecule has 5 heteroatoms. The lowest BCUT2D eigenvalue weighted by Crippen LogP contribution is -2.40. The molecule has 2 rings (SSSR count). The molecule has 0 radical (unpaired) electrons. The van der Waals surface area contributed by atoms with E-state index in [4.69, 9.17) is 0 Å². The molecule has 0 N–H and O–H groups in total. The number of carbonyl (C=O) groups is 1. The van der Waals surface area contributed by atoms with Gasteiger partial charge in [-0.25, -0.2) is 0 Å². The van der Waals surface area contributed by atoms with Crippen molar-refractivity contribution in [3.8, 4) is 6.07 Å². The Labute approximate surface area is 132 Å². The van der Waals surface area contributed by atoms with Gasteiger partial charge in [0.15, 0.2) is 0 Å². The molecular weight excluding hydrogens is 336 g/mol. The summed E-state index contributed by atoms with van der Waals surface area (Å²) < 4.78 is 1.07. The van der Waals surface area contributed by atoms with E-state index in [1.54, 1.807) is 23.3 Å². The summed E-state index contributed by atoms with van der Waals surface area (Å²) in [6.45, 7) is 0.574. The number of nitrogens with zero attached hydrogens (tertiary/aromatic N) is 2. The Hall–Kier alpha value is -0.860. The van der Waals surface area contributed by atoms with Crippen LogP contribution in [-0.2, 0) is 11.3 Å². The summed E-state index contributed by atoms with van der Waals surface area (Å²) in [7, 11) is 1.80. The van der Waals surface area contributed by atoms with Crippen molar-refractivity contribution in [3.05, 3.63) is 20.8 Å². The van der Waals surface area contributed by atoms with Gasteiger partial charge in [-0.2, -0.15) is 5.26 Å². The van der Waals surface area contributed by atoms with E-state index < -0.39 is 5.41 Å². The number of carbonyl (C=O) groups excluding carboxylic acids is 1. The van der Waals surface area contributed by atoms with E-state index in [1.165, 1.54) is 0 Å². The van der Waals surface area contributed by atoms with E-state index in [0.29, 0.717) is 19.4 Å². The topological polar surface area (TPSA) is 44.1 Å². The number of hydrogen-bond acceptors (Lipinski definition) is 3. The number of thiophene rings is 1. The lowest BCUT2D eigenvalue weighted by molar-refractivity contribution is -0.138. The number of rotatable bonds is 3. The number of nitriles is 1. The van der Waals surface area contributed by atoms with Gasteiger partial charge in [0, 0.05) is 13.6 Å². The van der Waals surface area contributed by atoms with Gasteiger partial charge in [-0.1, -0.05) is 25.7 Å². The number of hydrogen-bond donors (Lipinski definition) is 0. The molecule has 1 amide bonds. The van der Waals surface area contributed by atoms with Crippen LogP contribution < -0.4 is 0 Å². The molecule has 0 aliphatic heterocycles. The average molecular weight is 355 g/mol. The molecule has 1 aliphatic rings. The summed E-state index contributed by atoms with van der Waals surface area (Å²) in [6, 6.07) is 4.36. The van der Waals surface area contributed by atoms with Crippen LogP contribution in [0.5, 0.6) is 0 Å². The maximum absolute atomic E-state index is 12.7. The summed E-state index contributed by atoms with van der Waals surface area (Å²) >= 11 is 5.05. The van der Waals surface area contributed by atoms with Crippen LogP contribution in [0.25, 0.3) is 0 Å². The molecule has 20 heavy (non-hydrogen) atoms. The SMILES string of the molecule is CN(Cc1csc(Br)c1)C(=O)C1(C#N)CCCCCC1. The molecule has 1 aromatic heterocycles. The highest BCUT2D eigenvalue weighted by atomic mass is 79.9. The van der Waals surface area contributed by atoms with Gasteiger partial charge in [0.05, 0.1) is 9.86 Å². The molecule has 0 saturated heterocycles. The Balaban J connectivity index is 2.09. The summed E-state index contributed by atoms with van der Waals surface area (Å²) in [5.74, 6) is -0.00998. The zero-order valence-electron chi connectivity index (χ0n) is 11.7. The maximum Gasteiger partial charge on any atom is 0.243 e. The highest BCUT2D eigenvalue weighted by Gasteiger charge is 2.40. The molecule has 1 saturated carbocycles. The van der Waals surface area contributed by atoms with Crippen molar-refractivity contribution in [3.63, 3.8) is 0 Å². The molecule has 1 aromatic rings. The Morgan fingerprint density at radius 1 is 1.45 bits per heavy atom. The average Bonchev–Trinajstić information content (AvgIpc) is 2.71. The fourth-order valence-electron chi connectivity index (χ4n) is 2.85. The first-order valence-corrected chi connectivity index (χ1v) is 8.64. The molecule has 0 bridgehead atoms. The van der Waals surface area contributed by atoms with E-state index in [9.17, 15) is 10.1 Å². The van der Waals surface area contributed by atoms with Gasteiger partial charge < -0.3 is 4.90 Å². The fraction of sp³-hybridized carbons (Fsp3) is 0.600. The maximum atomic E-state index is 12.7. The minimum absolute atomic E-state index is 0.00998. The van der Waals surface area contributed by atoms with Crippen molar-refractivity contribution in [1.29, 1.82) is 5.26 Å². The minimum Gasteiger partial charge on any atom is -0.340 e. The molecule has 108 valence electrons. The van der Waals surface area contributed by atoms with Crippen molar-refractivity contribution in [1.82, 2.24) is 4.90 Å². The third-order valence-corrected chi connectivity index (χ3v) is 5.52. The zero-order valence-corrected chi connectivity index (χ0v) is 14.1. The molecule has 1 heterocycles. The van der Waals surface area contributed by atoms with Crippen molar-refractivity contribution in [2.75, 3.05) is 7.05 Å². The Kier molecular flexibility index (Phi) is 5.22. The van der Waals surface area contributed by atoms with Crippen LogP contribution >= 0.6 is 27.3 Å². The van der Waals surface area contributed by atoms with Gasteiger partial charge in [0.1, 0.15) is 5.41 Å². The smallest absolute Gasteiger partial charge is 0.243 e. The van der Waals surface area contributed by atoms with E-state index in [1.807, 2.05) is 11.4 Å². The van der Waals surface area contributed by atoms with Crippen molar-refractivity contribution in [2.24, 2.45) is 5.41 Å². The van der Waals surface area contributed by atoms with Crippen LogP contribution in [0.3, 0.4) is 0 Å². The summed E-state index contributed by atoms with van der Waals surface area (Å²) in [4.78, 5) is 14.4. The van der Waals surface area contributed by atoms with Gasteiger partial charge in [-0.05, 0) is 45.8 Å². The first-order chi connectivity index (χ1) is 9.57. The molecular formula is C15H19BrN2OS. The van der Waals surface area contributed by atoms with E-state index >= 15 is 0 Å². The minimum atomic E-state index is -0.793. The van der Waals surface area contributed by atoms with Crippen LogP contribution in [0, 0.1) is 16.7 Å². The largest absolute Gasteiger partial charge is 0.340 e. The summed E-state index contributed by atoms with van der Waals surface area (Å²) in [5, 5.41) is 11.6. The van der Waals surface area contributed by atoms with Crippen molar-refractivity contribution < 1.29 is 4.79 Å². The van der Waals surface area contributed by atoms with E-state index in [2.05, 4.69) is 22.0 Å². The van der Waals surface area contributed by atoms with E-state index in [-0.39, 0.29) is 5.91 Å². The lowest BCUT2D eigenvalue weighted by Gasteiger charge is -2.29. The van der Waals surface area contributed by atoms with E-state index in [0.717, 1.165) is 35.0 Å². The molecule has 3 nitrogen and oxygen atoms in total. The van der Waals surface area contributed by atoms with Gasteiger partial charge >= 0.3 is 0 Å². The van der Waals surface area contributed by atoms with Crippen molar-refractivity contribution >= 4 is 33.2 Å². The standard InChI is InChI=1S/C15H19BrN2OS/c1-18(9-12-8-13(16)20-10-12)14(19)15(11-17)6-4-2-3-5-7-15/h8,10H,2-7,9H2,1H3. The molecule has 0 unspecified atom stereocenters. The Morgan fingerprint density at radius 3 is 2.60 bits per heavy atom. The third-order valence-electron chi connectivity index (χ3n) is 3.97. The first-order valence-electron chi connectivity index (χ1n) is 6.97. The predicted octanol–water partition coefficient (Wildman–Crippen LogP) is 4.33. The fourth-order valence-corrected chi connectivity index (χ4v) is 4.05. The summed E-state index contributed by atoms with van der Waals surface area (Å²) in [5.41, 5.74) is 0.317. The molecule has 0 spiro atoms. The summed E-state index contributed by atoms with van der Waals surface area (Å²) in [6.07, 6.45) is 5.66. The lowest BCUT2D eigenvalue weighted by atomic mass is 9.80. The van der Waals surface area contributed by atoms with Gasteiger partial charge in [0.2, 0.25) is 5.91 Å².